The largest absolute Gasteiger partial charge is 0.481 e. The number of aryl methyl sites for hydroxylation is 3. The molecule has 16 heteroatoms. The molecule has 0 amide bonds. The topological polar surface area (TPSA) is 241 Å². The van der Waals surface area contributed by atoms with Crippen LogP contribution in [0, 0.1) is 13.8 Å². The van der Waals surface area contributed by atoms with Gasteiger partial charge in [0.15, 0.2) is 0 Å². The quantitative estimate of drug-likeness (QED) is 0.179. The maximum absolute atomic E-state index is 11.4. The number of aromatic nitrogens is 4. The third kappa shape index (κ3) is 11.3. The number of aromatic amines is 2. The molecule has 6 N–H and O–H groups in total. The van der Waals surface area contributed by atoms with Crippen LogP contribution in [-0.2, 0) is 36.2 Å². The minimum Gasteiger partial charge on any atom is -0.481 e. The van der Waals surface area contributed by atoms with E-state index in [0.29, 0.717) is 31.0 Å². The molecule has 3 aromatic heterocycles. The van der Waals surface area contributed by atoms with Crippen LogP contribution in [0.5, 0.6) is 0 Å². The summed E-state index contributed by atoms with van der Waals surface area (Å²) in [6.45, 7) is 8.01. The number of carbonyl (C=O) groups is 2. The maximum atomic E-state index is 11.4. The summed E-state index contributed by atoms with van der Waals surface area (Å²) in [7, 11) is -7.33. The molecule has 0 fully saturated rings. The smallest absolute Gasteiger partial charge is 0.303 e. The lowest BCUT2D eigenvalue weighted by Gasteiger charge is -2.03. The van der Waals surface area contributed by atoms with E-state index in [9.17, 15) is 36.6 Å². The molecule has 0 atom stereocenters. The first-order valence-corrected chi connectivity index (χ1v) is 18.2. The lowest BCUT2D eigenvalue weighted by molar-refractivity contribution is -0.137. The average Bonchev–Trinajstić information content (AvgIpc) is 3.61. The Bertz CT molecular complexity index is 2170. The van der Waals surface area contributed by atoms with E-state index in [0.717, 1.165) is 72.6 Å². The first-order chi connectivity index (χ1) is 22.1. The van der Waals surface area contributed by atoms with Crippen molar-refractivity contribution in [2.24, 2.45) is 0 Å². The SMILES string of the molecule is CC1=Cc2cc3[nH]c(cc4nc(cc5[nH]c(cc1n2)c(C)c5CCC(=O)O)C(CCC(=O)O)=C4C)cc3C.CS(=O)(=O)O.CS(=O)(=O)O. The molecule has 2 aliphatic rings. The third-order valence-corrected chi connectivity index (χ3v) is 7.26. The van der Waals surface area contributed by atoms with E-state index in [4.69, 9.17) is 19.1 Å². The number of nitrogens with one attached hydrogen (secondary N) is 2. The number of hydrogen-bond donors (Lipinski definition) is 6. The maximum Gasteiger partial charge on any atom is 0.303 e. The molecule has 14 nitrogen and oxygen atoms in total. The number of aliphatic carboxylic acids is 2. The molecular weight excluding hydrogens is 665 g/mol. The molecule has 0 saturated heterocycles. The van der Waals surface area contributed by atoms with Crippen LogP contribution in [0.2, 0.25) is 0 Å². The molecule has 3 aromatic rings. The van der Waals surface area contributed by atoms with Gasteiger partial charge in [-0.3, -0.25) is 18.7 Å². The van der Waals surface area contributed by atoms with Gasteiger partial charge in [-0.2, -0.15) is 16.8 Å². The Labute approximate surface area is 277 Å². The number of rotatable bonds is 6. The van der Waals surface area contributed by atoms with Gasteiger partial charge < -0.3 is 20.2 Å². The predicted molar refractivity (Wildman–Crippen MR) is 184 cm³/mol. The second kappa shape index (κ2) is 15.1. The Balaban J connectivity index is 0.000000548. The molecule has 0 radical (unpaired) electrons. The van der Waals surface area contributed by atoms with Gasteiger partial charge >= 0.3 is 11.9 Å². The van der Waals surface area contributed by atoms with Crippen LogP contribution in [0.3, 0.4) is 0 Å². The highest BCUT2D eigenvalue weighted by Gasteiger charge is 2.19. The fourth-order valence-electron chi connectivity index (χ4n) is 5.11. The second-order valence-corrected chi connectivity index (χ2v) is 14.4. The number of H-pyrrole nitrogens is 2. The van der Waals surface area contributed by atoms with E-state index in [2.05, 4.69) is 16.0 Å². The zero-order valence-electron chi connectivity index (χ0n) is 27.2. The minimum absolute atomic E-state index is 0.00160. The summed E-state index contributed by atoms with van der Waals surface area (Å²) in [5, 5.41) is 18.7. The summed E-state index contributed by atoms with van der Waals surface area (Å²) in [4.78, 5) is 39.5. The Morgan fingerprint density at radius 2 is 1.27 bits per heavy atom. The van der Waals surface area contributed by atoms with Gasteiger partial charge in [-0.05, 0) is 110 Å². The standard InChI is InChI=1S/C30H30N4O4.2CH4O3S/c1-15-9-20-12-25-17(3)21(5-7-29(35)36)27(33-25)14-28-22(6-8-30(37)38)18(4)26(34-28)13-24-16(2)10-19(32-24)11-23(15)31-20;2*1-5(2,3)4/h9-14,31,34H,5-8H2,1-4H3,(H,35,36)(H,37,38);2*1H3,(H,2,3,4). The second-order valence-electron chi connectivity index (χ2n) is 11.4. The predicted octanol–water partition coefficient (Wildman–Crippen LogP) is 5.31. The van der Waals surface area contributed by atoms with Gasteiger partial charge in [0.1, 0.15) is 0 Å². The number of allylic oxidation sites excluding steroid dienone is 3. The van der Waals surface area contributed by atoms with Crippen molar-refractivity contribution in [3.05, 3.63) is 69.8 Å². The number of carboxylic acids is 2. The highest BCUT2D eigenvalue weighted by Crippen LogP contribution is 2.34. The van der Waals surface area contributed by atoms with Crippen LogP contribution in [-0.4, -0.2) is 80.5 Å². The molecule has 5 rings (SSSR count). The molecule has 5 heterocycles. The van der Waals surface area contributed by atoms with Crippen LogP contribution in [0.1, 0.15) is 72.6 Å². The highest BCUT2D eigenvalue weighted by molar-refractivity contribution is 7.85. The summed E-state index contributed by atoms with van der Waals surface area (Å²) >= 11 is 0. The third-order valence-electron chi connectivity index (χ3n) is 7.26. The van der Waals surface area contributed by atoms with E-state index in [1.54, 1.807) is 0 Å². The number of carboxylic acid groups (broad SMARTS) is 2. The lowest BCUT2D eigenvalue weighted by Crippen LogP contribution is -1.98. The van der Waals surface area contributed by atoms with E-state index >= 15 is 0 Å². The van der Waals surface area contributed by atoms with Crippen molar-refractivity contribution >= 4 is 77.0 Å². The van der Waals surface area contributed by atoms with Crippen molar-refractivity contribution in [1.82, 2.24) is 19.9 Å². The number of nitrogens with zero attached hydrogens (tertiary/aromatic N) is 2. The summed E-state index contributed by atoms with van der Waals surface area (Å²) in [5.41, 5.74) is 12.4. The van der Waals surface area contributed by atoms with Gasteiger partial charge in [0, 0.05) is 34.9 Å². The Morgan fingerprint density at radius 3 is 1.85 bits per heavy atom. The van der Waals surface area contributed by atoms with Gasteiger partial charge in [-0.25, -0.2) is 9.97 Å². The number of hydrogen-bond acceptors (Lipinski definition) is 8. The van der Waals surface area contributed by atoms with Crippen LogP contribution in [0.4, 0.5) is 0 Å². The van der Waals surface area contributed by atoms with Gasteiger partial charge in [-0.15, -0.1) is 0 Å². The Hall–Kier alpha value is -4.64. The molecular formula is C32H38N4O10S2. The van der Waals surface area contributed by atoms with Gasteiger partial charge in [0.2, 0.25) is 0 Å². The molecule has 258 valence electrons. The van der Waals surface area contributed by atoms with E-state index in [-0.39, 0.29) is 12.8 Å². The highest BCUT2D eigenvalue weighted by atomic mass is 32.2. The Kier molecular flexibility index (Phi) is 11.9. The fourth-order valence-corrected chi connectivity index (χ4v) is 5.11. The first-order valence-electron chi connectivity index (χ1n) is 14.5. The van der Waals surface area contributed by atoms with Crippen LogP contribution in [0.25, 0.3) is 44.9 Å². The lowest BCUT2D eigenvalue weighted by atomic mass is 10.0. The number of fused-ring (bicyclic) bond motifs is 8. The fraction of sp³-hybridized carbons (Fsp3) is 0.312. The van der Waals surface area contributed by atoms with Crippen molar-refractivity contribution in [3.63, 3.8) is 0 Å². The summed E-state index contributed by atoms with van der Waals surface area (Å²) in [5.74, 6) is -1.73. The zero-order valence-corrected chi connectivity index (χ0v) is 28.9. The van der Waals surface area contributed by atoms with Gasteiger partial charge in [0.25, 0.3) is 20.2 Å². The first kappa shape index (κ1) is 37.8. The van der Waals surface area contributed by atoms with E-state index < -0.39 is 32.2 Å². The van der Waals surface area contributed by atoms with Crippen molar-refractivity contribution < 1.29 is 45.7 Å². The Morgan fingerprint density at radius 1 is 0.708 bits per heavy atom. The monoisotopic (exact) mass is 702 g/mol. The van der Waals surface area contributed by atoms with Gasteiger partial charge in [0.05, 0.1) is 35.3 Å². The zero-order chi connectivity index (χ0) is 36.1. The molecule has 0 aromatic carbocycles. The summed E-state index contributed by atoms with van der Waals surface area (Å²) < 4.78 is 51.7. The van der Waals surface area contributed by atoms with Crippen LogP contribution >= 0.6 is 0 Å². The van der Waals surface area contributed by atoms with Crippen LogP contribution < -0.4 is 0 Å². The normalized spacial score (nSPS) is 12.8. The molecule has 0 aliphatic carbocycles. The summed E-state index contributed by atoms with van der Waals surface area (Å²) in [6.07, 6.45) is 4.17. The molecule has 2 aliphatic heterocycles. The molecule has 8 bridgehead atoms. The van der Waals surface area contributed by atoms with Crippen molar-refractivity contribution in [1.29, 1.82) is 0 Å². The molecule has 48 heavy (non-hydrogen) atoms. The van der Waals surface area contributed by atoms with Gasteiger partial charge in [-0.1, -0.05) is 0 Å². The summed E-state index contributed by atoms with van der Waals surface area (Å²) in [6, 6.07) is 9.98. The van der Waals surface area contributed by atoms with Crippen molar-refractivity contribution in [3.8, 4) is 0 Å². The van der Waals surface area contributed by atoms with Crippen molar-refractivity contribution in [2.75, 3.05) is 12.5 Å². The van der Waals surface area contributed by atoms with Crippen LogP contribution in [0.15, 0.2) is 30.3 Å². The molecule has 0 saturated carbocycles. The molecule has 0 spiro atoms. The van der Waals surface area contributed by atoms with E-state index in [1.807, 2.05) is 58.0 Å². The van der Waals surface area contributed by atoms with E-state index in [1.165, 1.54) is 0 Å². The average molecular weight is 703 g/mol. The minimum atomic E-state index is -3.67. The molecule has 0 unspecified atom stereocenters. The van der Waals surface area contributed by atoms with Crippen molar-refractivity contribution in [2.45, 2.75) is 53.4 Å².